The maximum Gasteiger partial charge on any atom is 0.332 e. The molecule has 1 fully saturated rings. The molecule has 1 heterocycles. The number of carbonyl (C=O) groups is 1. The van der Waals surface area contributed by atoms with E-state index in [2.05, 4.69) is 54.8 Å². The van der Waals surface area contributed by atoms with Crippen LogP contribution in [0, 0.1) is 6.92 Å². The van der Waals surface area contributed by atoms with Crippen molar-refractivity contribution in [2.75, 3.05) is 18.4 Å². The van der Waals surface area contributed by atoms with Crippen molar-refractivity contribution < 1.29 is 13.2 Å². The fourth-order valence-corrected chi connectivity index (χ4v) is 5.01. The number of nitrogens with one attached hydrogen (secondary N) is 2. The van der Waals surface area contributed by atoms with E-state index < -0.39 is 21.3 Å². The summed E-state index contributed by atoms with van der Waals surface area (Å²) in [7, 11) is -3.72. The van der Waals surface area contributed by atoms with Crippen molar-refractivity contribution >= 4 is 21.7 Å². The van der Waals surface area contributed by atoms with Crippen molar-refractivity contribution in [2.24, 2.45) is 0 Å². The largest absolute Gasteiger partial charge is 0.332 e. The summed E-state index contributed by atoms with van der Waals surface area (Å²) < 4.78 is 27.6. The Kier molecular flexibility index (Phi) is 7.15. The molecule has 1 saturated heterocycles. The highest BCUT2D eigenvalue weighted by molar-refractivity contribution is 7.90. The second kappa shape index (κ2) is 8.82. The molecule has 2 N–H and O–H groups in total. The van der Waals surface area contributed by atoms with Gasteiger partial charge in [0.25, 0.3) is 0 Å². The number of amides is 2. The molecule has 6 nitrogen and oxygen atoms in total. The zero-order valence-corrected chi connectivity index (χ0v) is 19.0. The van der Waals surface area contributed by atoms with Gasteiger partial charge in [-0.2, -0.15) is 0 Å². The molecule has 0 radical (unpaired) electrons. The second-order valence-electron chi connectivity index (χ2n) is 8.73. The minimum absolute atomic E-state index is 0.207. The molecule has 1 aliphatic rings. The molecule has 1 aromatic carbocycles. The van der Waals surface area contributed by atoms with Gasteiger partial charge >= 0.3 is 6.03 Å². The van der Waals surface area contributed by atoms with Gasteiger partial charge in [-0.1, -0.05) is 45.4 Å². The summed E-state index contributed by atoms with van der Waals surface area (Å²) in [5.74, 6) is 0.414. The van der Waals surface area contributed by atoms with Gasteiger partial charge in [0.2, 0.25) is 10.0 Å². The van der Waals surface area contributed by atoms with Gasteiger partial charge in [-0.25, -0.2) is 17.9 Å². The van der Waals surface area contributed by atoms with Gasteiger partial charge in [0.1, 0.15) is 0 Å². The number of hydrogen-bond donors (Lipinski definition) is 2. The number of carbonyl (C=O) groups excluding carboxylic acids is 1. The Hall–Kier alpha value is -1.60. The molecule has 1 aromatic rings. The van der Waals surface area contributed by atoms with Gasteiger partial charge in [0.05, 0.1) is 5.25 Å². The van der Waals surface area contributed by atoms with Crippen LogP contribution in [0.15, 0.2) is 12.1 Å². The van der Waals surface area contributed by atoms with Gasteiger partial charge in [-0.05, 0) is 56.7 Å². The molecule has 0 spiro atoms. The predicted octanol–water partition coefficient (Wildman–Crippen LogP) is 4.18. The first-order valence-corrected chi connectivity index (χ1v) is 11.7. The van der Waals surface area contributed by atoms with E-state index in [0.29, 0.717) is 19.0 Å². The lowest BCUT2D eigenvalue weighted by atomic mass is 9.90. The number of benzene rings is 1. The second-order valence-corrected chi connectivity index (χ2v) is 10.7. The molecular weight excluding hydrogens is 374 g/mol. The normalized spacial score (nSPS) is 18.3. The van der Waals surface area contributed by atoms with E-state index in [0.717, 1.165) is 28.9 Å². The monoisotopic (exact) mass is 409 g/mol. The molecule has 1 atom stereocenters. The average molecular weight is 410 g/mol. The summed E-state index contributed by atoms with van der Waals surface area (Å²) in [5, 5.41) is 2.28. The Bertz CT molecular complexity index is 787. The van der Waals surface area contributed by atoms with Crippen molar-refractivity contribution in [2.45, 2.75) is 78.0 Å². The smallest absolute Gasteiger partial charge is 0.307 e. The van der Waals surface area contributed by atoms with Crippen molar-refractivity contribution in [1.82, 2.24) is 9.62 Å². The fraction of sp³-hybridized carbons (Fsp3) is 0.667. The Morgan fingerprint density at radius 3 is 2.04 bits per heavy atom. The Morgan fingerprint density at radius 1 is 1.07 bits per heavy atom. The van der Waals surface area contributed by atoms with Crippen molar-refractivity contribution in [3.05, 3.63) is 28.8 Å². The highest BCUT2D eigenvalue weighted by Gasteiger charge is 2.35. The van der Waals surface area contributed by atoms with Crippen molar-refractivity contribution in [3.8, 4) is 0 Å². The summed E-state index contributed by atoms with van der Waals surface area (Å²) in [6.45, 7) is 15.6. The molecule has 1 aliphatic heterocycles. The lowest BCUT2D eigenvalue weighted by Gasteiger charge is -2.22. The summed E-state index contributed by atoms with van der Waals surface area (Å²) in [6.07, 6.45) is 0.541. The van der Waals surface area contributed by atoms with Crippen LogP contribution in [0.1, 0.15) is 76.5 Å². The number of nitrogens with zero attached hydrogens (tertiary/aromatic N) is 1. The maximum atomic E-state index is 12.7. The molecule has 2 rings (SSSR count). The average Bonchev–Trinajstić information content (AvgIpc) is 3.06. The third-order valence-corrected chi connectivity index (χ3v) is 7.14. The molecule has 0 aromatic heterocycles. The van der Waals surface area contributed by atoms with Gasteiger partial charge in [-0.15, -0.1) is 0 Å². The third kappa shape index (κ3) is 5.26. The van der Waals surface area contributed by atoms with E-state index >= 15 is 0 Å². The molecular formula is C21H35N3O3S. The van der Waals surface area contributed by atoms with Crippen LogP contribution in [0.25, 0.3) is 0 Å². The highest BCUT2D eigenvalue weighted by Crippen LogP contribution is 2.34. The molecule has 7 heteroatoms. The summed E-state index contributed by atoms with van der Waals surface area (Å²) in [4.78, 5) is 14.7. The van der Waals surface area contributed by atoms with Gasteiger partial charge in [0.15, 0.2) is 0 Å². The topological polar surface area (TPSA) is 78.5 Å². The zero-order valence-electron chi connectivity index (χ0n) is 18.2. The molecule has 0 aliphatic carbocycles. The lowest BCUT2D eigenvalue weighted by Crippen LogP contribution is -2.42. The van der Waals surface area contributed by atoms with Crippen molar-refractivity contribution in [1.29, 1.82) is 0 Å². The number of likely N-dealkylation sites (tertiary alicyclic amines) is 1. The Labute approximate surface area is 170 Å². The van der Waals surface area contributed by atoms with Crippen molar-refractivity contribution in [3.63, 3.8) is 0 Å². The van der Waals surface area contributed by atoms with Crippen LogP contribution in [-0.4, -0.2) is 43.7 Å². The lowest BCUT2D eigenvalue weighted by molar-refractivity contribution is 0.256. The first-order valence-electron chi connectivity index (χ1n) is 10.1. The molecule has 158 valence electrons. The summed E-state index contributed by atoms with van der Waals surface area (Å²) in [5.41, 5.74) is 3.88. The van der Waals surface area contributed by atoms with Gasteiger partial charge in [-0.3, -0.25) is 4.90 Å². The van der Waals surface area contributed by atoms with Gasteiger partial charge in [0, 0.05) is 18.3 Å². The number of urea groups is 1. The van der Waals surface area contributed by atoms with Crippen LogP contribution in [0.3, 0.4) is 0 Å². The van der Waals surface area contributed by atoms with E-state index in [1.807, 2.05) is 20.8 Å². The molecule has 0 saturated carbocycles. The number of rotatable bonds is 6. The minimum atomic E-state index is -3.72. The first kappa shape index (κ1) is 22.7. The molecule has 1 unspecified atom stereocenters. The summed E-state index contributed by atoms with van der Waals surface area (Å²) in [6, 6.07) is 3.72. The van der Waals surface area contributed by atoms with E-state index in [4.69, 9.17) is 0 Å². The third-order valence-electron chi connectivity index (χ3n) is 5.41. The van der Waals surface area contributed by atoms with Crippen LogP contribution in [0.5, 0.6) is 0 Å². The fourth-order valence-electron chi connectivity index (χ4n) is 3.73. The number of sulfonamides is 1. The summed E-state index contributed by atoms with van der Waals surface area (Å²) >= 11 is 0. The van der Waals surface area contributed by atoms with E-state index in [9.17, 15) is 13.2 Å². The van der Waals surface area contributed by atoms with Crippen LogP contribution in [0.4, 0.5) is 10.5 Å². The van der Waals surface area contributed by atoms with Crippen LogP contribution in [0.2, 0.25) is 0 Å². The molecule has 28 heavy (non-hydrogen) atoms. The quantitative estimate of drug-likeness (QED) is 0.739. The van der Waals surface area contributed by atoms with E-state index in [1.54, 1.807) is 0 Å². The van der Waals surface area contributed by atoms with E-state index in [1.165, 1.54) is 0 Å². The van der Waals surface area contributed by atoms with Crippen LogP contribution >= 0.6 is 0 Å². The standard InChI is InChI=1S/C21H35N3O3S/c1-13(2)18-10-16(7)11-19(14(3)4)20(18)22-21(25)23-28(26,27)17-8-9-24(12-17)15(5)6/h10-11,13-15,17H,8-9,12H2,1-7H3,(H2,22,23,25). The minimum Gasteiger partial charge on any atom is -0.307 e. The van der Waals surface area contributed by atoms with Crippen LogP contribution in [-0.2, 0) is 10.0 Å². The zero-order chi connectivity index (χ0) is 21.2. The highest BCUT2D eigenvalue weighted by atomic mass is 32.2. The SMILES string of the molecule is Cc1cc(C(C)C)c(NC(=O)NS(=O)(=O)C2CCN(C(C)C)C2)c(C(C)C)c1. The van der Waals surface area contributed by atoms with E-state index in [-0.39, 0.29) is 11.8 Å². The maximum absolute atomic E-state index is 12.7. The number of aryl methyl sites for hydroxylation is 1. The molecule has 2 amide bonds. The van der Waals surface area contributed by atoms with Gasteiger partial charge < -0.3 is 5.32 Å². The van der Waals surface area contributed by atoms with Crippen LogP contribution < -0.4 is 10.0 Å². The predicted molar refractivity (Wildman–Crippen MR) is 116 cm³/mol. The Balaban J connectivity index is 2.21. The Morgan fingerprint density at radius 2 is 1.61 bits per heavy atom. The number of anilines is 1. The first-order chi connectivity index (χ1) is 12.9. The number of hydrogen-bond acceptors (Lipinski definition) is 4. The molecule has 0 bridgehead atoms.